The summed E-state index contributed by atoms with van der Waals surface area (Å²) in [5.74, 6) is -1.01. The summed E-state index contributed by atoms with van der Waals surface area (Å²) < 4.78 is 5.31. The Morgan fingerprint density at radius 2 is 2.28 bits per heavy atom. The molecule has 0 saturated heterocycles. The van der Waals surface area contributed by atoms with Gasteiger partial charge in [0.25, 0.3) is 0 Å². The molecule has 0 aliphatic heterocycles. The van der Waals surface area contributed by atoms with E-state index in [0.717, 1.165) is 6.42 Å². The molecule has 0 spiro atoms. The van der Waals surface area contributed by atoms with Crippen molar-refractivity contribution in [2.24, 2.45) is 0 Å². The quantitative estimate of drug-likeness (QED) is 0.563. The van der Waals surface area contributed by atoms with Gasteiger partial charge in [-0.25, -0.2) is 4.79 Å². The molecule has 5 heteroatoms. The number of hydrogen-bond donors (Lipinski definition) is 2. The summed E-state index contributed by atoms with van der Waals surface area (Å²) >= 11 is 5.75. The second-order valence-corrected chi connectivity index (χ2v) is 4.05. The molecule has 1 rings (SSSR count). The van der Waals surface area contributed by atoms with Gasteiger partial charge in [-0.2, -0.15) is 0 Å². The minimum absolute atomic E-state index is 0.161. The second-order valence-electron chi connectivity index (χ2n) is 3.61. The van der Waals surface area contributed by atoms with Crippen molar-refractivity contribution in [2.75, 3.05) is 25.1 Å². The second kappa shape index (κ2) is 7.74. The summed E-state index contributed by atoms with van der Waals surface area (Å²) in [6.07, 6.45) is 2.59. The molecule has 0 bridgehead atoms. The van der Waals surface area contributed by atoms with Crippen LogP contribution < -0.4 is 5.32 Å². The van der Waals surface area contributed by atoms with E-state index in [4.69, 9.17) is 21.4 Å². The summed E-state index contributed by atoms with van der Waals surface area (Å²) in [5, 5.41) is 12.4. The van der Waals surface area contributed by atoms with E-state index in [1.165, 1.54) is 6.07 Å². The van der Waals surface area contributed by atoms with Crippen LogP contribution in [0.15, 0.2) is 30.9 Å². The van der Waals surface area contributed by atoms with Crippen molar-refractivity contribution in [3.63, 3.8) is 0 Å². The number of aromatic carboxylic acids is 1. The van der Waals surface area contributed by atoms with Gasteiger partial charge in [0.2, 0.25) is 0 Å². The zero-order valence-electron chi connectivity index (χ0n) is 9.99. The molecule has 0 aliphatic rings. The predicted molar refractivity (Wildman–Crippen MR) is 72.5 cm³/mol. The first-order valence-electron chi connectivity index (χ1n) is 5.60. The molecule has 1 aromatic carbocycles. The number of carbonyl (C=O) groups is 1. The molecule has 4 nitrogen and oxygen atoms in total. The van der Waals surface area contributed by atoms with Crippen LogP contribution in [0, 0.1) is 0 Å². The lowest BCUT2D eigenvalue weighted by molar-refractivity contribution is 0.0698. The molecule has 0 saturated carbocycles. The third-order valence-corrected chi connectivity index (χ3v) is 2.48. The summed E-state index contributed by atoms with van der Waals surface area (Å²) in [5.41, 5.74) is 0.702. The Morgan fingerprint density at radius 3 is 2.94 bits per heavy atom. The van der Waals surface area contributed by atoms with Gasteiger partial charge in [0.05, 0.1) is 18.8 Å². The van der Waals surface area contributed by atoms with E-state index in [1.807, 2.05) is 0 Å². The van der Waals surface area contributed by atoms with Gasteiger partial charge < -0.3 is 15.2 Å². The van der Waals surface area contributed by atoms with Crippen LogP contribution in [-0.2, 0) is 4.74 Å². The first-order chi connectivity index (χ1) is 8.65. The van der Waals surface area contributed by atoms with Crippen LogP contribution in [0.1, 0.15) is 16.8 Å². The van der Waals surface area contributed by atoms with Crippen LogP contribution in [0.4, 0.5) is 5.69 Å². The maximum atomic E-state index is 11.0. The third-order valence-electron chi connectivity index (χ3n) is 2.24. The van der Waals surface area contributed by atoms with Gasteiger partial charge in [-0.15, -0.1) is 6.58 Å². The largest absolute Gasteiger partial charge is 0.478 e. The SMILES string of the molecule is C=CCCOCCNc1ccc(Cl)cc1C(=O)O. The van der Waals surface area contributed by atoms with Crippen molar-refractivity contribution in [2.45, 2.75) is 6.42 Å². The van der Waals surface area contributed by atoms with Crippen LogP contribution in [0.5, 0.6) is 0 Å². The maximum Gasteiger partial charge on any atom is 0.337 e. The molecule has 1 aromatic rings. The van der Waals surface area contributed by atoms with E-state index in [2.05, 4.69) is 11.9 Å². The Labute approximate surface area is 111 Å². The average molecular weight is 270 g/mol. The first kappa shape index (κ1) is 14.5. The standard InChI is InChI=1S/C13H16ClNO3/c1-2-3-7-18-8-6-15-12-5-4-10(14)9-11(12)13(16)17/h2,4-5,9,15H,1,3,6-8H2,(H,16,17). The lowest BCUT2D eigenvalue weighted by atomic mass is 10.2. The lowest BCUT2D eigenvalue weighted by Gasteiger charge is -2.10. The molecule has 2 N–H and O–H groups in total. The Bertz CT molecular complexity index is 421. The van der Waals surface area contributed by atoms with E-state index in [1.54, 1.807) is 18.2 Å². The lowest BCUT2D eigenvalue weighted by Crippen LogP contribution is -2.12. The maximum absolute atomic E-state index is 11.0. The molecular weight excluding hydrogens is 254 g/mol. The molecule has 98 valence electrons. The van der Waals surface area contributed by atoms with Crippen molar-refractivity contribution in [1.82, 2.24) is 0 Å². The first-order valence-corrected chi connectivity index (χ1v) is 5.98. The van der Waals surface area contributed by atoms with Gasteiger partial charge in [0.1, 0.15) is 0 Å². The molecule has 0 radical (unpaired) electrons. The van der Waals surface area contributed by atoms with E-state index < -0.39 is 5.97 Å². The van der Waals surface area contributed by atoms with Crippen molar-refractivity contribution in [3.05, 3.63) is 41.4 Å². The summed E-state index contributed by atoms with van der Waals surface area (Å²) in [6.45, 7) is 5.26. The van der Waals surface area contributed by atoms with Crippen LogP contribution in [-0.4, -0.2) is 30.8 Å². The van der Waals surface area contributed by atoms with Crippen molar-refractivity contribution < 1.29 is 14.6 Å². The van der Waals surface area contributed by atoms with Crippen LogP contribution in [0.3, 0.4) is 0 Å². The molecule has 18 heavy (non-hydrogen) atoms. The number of carboxylic acid groups (broad SMARTS) is 1. The number of rotatable bonds is 8. The van der Waals surface area contributed by atoms with Gasteiger partial charge in [0.15, 0.2) is 0 Å². The Morgan fingerprint density at radius 1 is 1.50 bits per heavy atom. The normalized spacial score (nSPS) is 10.1. The minimum Gasteiger partial charge on any atom is -0.478 e. The minimum atomic E-state index is -1.01. The molecule has 0 atom stereocenters. The molecule has 0 amide bonds. The summed E-state index contributed by atoms with van der Waals surface area (Å²) in [7, 11) is 0. The Kier molecular flexibility index (Phi) is 6.25. The Balaban J connectivity index is 2.46. The van der Waals surface area contributed by atoms with Crippen molar-refractivity contribution >= 4 is 23.3 Å². The molecular formula is C13H16ClNO3. The van der Waals surface area contributed by atoms with Gasteiger partial charge >= 0.3 is 5.97 Å². The summed E-state index contributed by atoms with van der Waals surface area (Å²) in [4.78, 5) is 11.0. The van der Waals surface area contributed by atoms with Crippen LogP contribution in [0.25, 0.3) is 0 Å². The van der Waals surface area contributed by atoms with Crippen molar-refractivity contribution in [1.29, 1.82) is 0 Å². The average Bonchev–Trinajstić information content (AvgIpc) is 2.35. The highest BCUT2D eigenvalue weighted by molar-refractivity contribution is 6.31. The van der Waals surface area contributed by atoms with E-state index in [0.29, 0.717) is 30.5 Å². The number of anilines is 1. The fourth-order valence-electron chi connectivity index (χ4n) is 1.37. The highest BCUT2D eigenvalue weighted by Gasteiger charge is 2.09. The molecule has 0 unspecified atom stereocenters. The van der Waals surface area contributed by atoms with E-state index in [9.17, 15) is 4.79 Å². The van der Waals surface area contributed by atoms with Crippen LogP contribution in [0.2, 0.25) is 5.02 Å². The number of benzene rings is 1. The van der Waals surface area contributed by atoms with Gasteiger partial charge in [-0.05, 0) is 24.6 Å². The zero-order valence-corrected chi connectivity index (χ0v) is 10.7. The fourth-order valence-corrected chi connectivity index (χ4v) is 1.55. The van der Waals surface area contributed by atoms with Crippen LogP contribution >= 0.6 is 11.6 Å². The fraction of sp³-hybridized carbons (Fsp3) is 0.308. The number of hydrogen-bond acceptors (Lipinski definition) is 3. The topological polar surface area (TPSA) is 58.6 Å². The molecule has 0 aromatic heterocycles. The third kappa shape index (κ3) is 4.77. The molecule has 0 aliphatic carbocycles. The predicted octanol–water partition coefficient (Wildman–Crippen LogP) is 3.04. The number of ether oxygens (including phenoxy) is 1. The number of nitrogens with one attached hydrogen (secondary N) is 1. The Hall–Kier alpha value is -1.52. The highest BCUT2D eigenvalue weighted by atomic mass is 35.5. The van der Waals surface area contributed by atoms with E-state index >= 15 is 0 Å². The van der Waals surface area contributed by atoms with Crippen molar-refractivity contribution in [3.8, 4) is 0 Å². The molecule has 0 fully saturated rings. The smallest absolute Gasteiger partial charge is 0.337 e. The molecule has 0 heterocycles. The number of carboxylic acids is 1. The zero-order chi connectivity index (χ0) is 13.4. The monoisotopic (exact) mass is 269 g/mol. The summed E-state index contributed by atoms with van der Waals surface area (Å²) in [6, 6.07) is 4.72. The van der Waals surface area contributed by atoms with Gasteiger partial charge in [-0.3, -0.25) is 0 Å². The van der Waals surface area contributed by atoms with E-state index in [-0.39, 0.29) is 5.56 Å². The van der Waals surface area contributed by atoms with Gasteiger partial charge in [0, 0.05) is 17.3 Å². The highest BCUT2D eigenvalue weighted by Crippen LogP contribution is 2.20. The van der Waals surface area contributed by atoms with Gasteiger partial charge in [-0.1, -0.05) is 17.7 Å². The number of halogens is 1.